The third kappa shape index (κ3) is 9.36. The number of rotatable bonds is 22. The number of para-hydroxylation sites is 4. The molecule has 0 spiro atoms. The van der Waals surface area contributed by atoms with E-state index in [1.165, 1.54) is 194 Å². The topological polar surface area (TPSA) is 6.48 Å². The van der Waals surface area contributed by atoms with Crippen LogP contribution in [-0.2, 0) is 5.41 Å². The minimum atomic E-state index is -0.144. The van der Waals surface area contributed by atoms with Crippen LogP contribution in [0, 0.1) is 0 Å². The average Bonchev–Trinajstić information content (AvgIpc) is 4.51. The molecule has 13 rings (SSSR count). The monoisotopic (exact) mass is 1010 g/mol. The second kappa shape index (κ2) is 22.0. The first kappa shape index (κ1) is 49.9. The van der Waals surface area contributed by atoms with Gasteiger partial charge in [-0.1, -0.05) is 212 Å². The van der Waals surface area contributed by atoms with Crippen LogP contribution in [0.1, 0.15) is 199 Å². The van der Waals surface area contributed by atoms with Gasteiger partial charge in [-0.2, -0.15) is 0 Å². The first-order valence-electron chi connectivity index (χ1n) is 30.6. The Balaban J connectivity index is 0.958. The van der Waals surface area contributed by atoms with Gasteiger partial charge in [0.25, 0.3) is 0 Å². The van der Waals surface area contributed by atoms with Crippen LogP contribution in [0.25, 0.3) is 33.4 Å². The molecule has 4 bridgehead atoms. The van der Waals surface area contributed by atoms with Crippen LogP contribution in [0.3, 0.4) is 0 Å². The fraction of sp³-hybridized carbons (Fsp3) is 0.360. The molecule has 2 fully saturated rings. The molecule has 4 atom stereocenters. The van der Waals surface area contributed by atoms with Gasteiger partial charge >= 0.3 is 0 Å². The Labute approximate surface area is 461 Å². The lowest BCUT2D eigenvalue weighted by molar-refractivity contribution is 0.398. The van der Waals surface area contributed by atoms with Crippen molar-refractivity contribution in [1.82, 2.24) is 0 Å². The van der Waals surface area contributed by atoms with Crippen LogP contribution in [-0.4, -0.2) is 0 Å². The highest BCUT2D eigenvalue weighted by Gasteiger charge is 2.44. The maximum absolute atomic E-state index is 2.67. The summed E-state index contributed by atoms with van der Waals surface area (Å²) in [6, 6.07) is 71.1. The molecule has 2 heteroatoms. The summed E-state index contributed by atoms with van der Waals surface area (Å²) in [7, 11) is 0. The molecular weight excluding hydrogens is 929 g/mol. The molecule has 0 amide bonds. The molecule has 5 aliphatic rings. The number of unbranched alkanes of at least 4 members (excludes halogenated alkanes) is 10. The van der Waals surface area contributed by atoms with Crippen molar-refractivity contribution in [3.05, 3.63) is 215 Å². The third-order valence-electron chi connectivity index (χ3n) is 19.5. The molecule has 8 aromatic carbocycles. The Morgan fingerprint density at radius 3 is 1.17 bits per heavy atom. The number of hydrogen-bond donors (Lipinski definition) is 0. The second-order valence-electron chi connectivity index (χ2n) is 24.1. The summed E-state index contributed by atoms with van der Waals surface area (Å²) < 4.78 is 0. The van der Waals surface area contributed by atoms with Crippen molar-refractivity contribution in [3.8, 4) is 33.4 Å². The van der Waals surface area contributed by atoms with Gasteiger partial charge in [-0.05, 0) is 191 Å². The average molecular weight is 1010 g/mol. The number of hydrogen-bond acceptors (Lipinski definition) is 2. The summed E-state index contributed by atoms with van der Waals surface area (Å²) in [6.45, 7) is 4.69. The first-order chi connectivity index (χ1) is 38.1. The Hall–Kier alpha value is -6.64. The van der Waals surface area contributed by atoms with Crippen LogP contribution >= 0.6 is 0 Å². The van der Waals surface area contributed by atoms with E-state index in [-0.39, 0.29) is 5.41 Å². The maximum Gasteiger partial charge on any atom is 0.0540 e. The van der Waals surface area contributed by atoms with Gasteiger partial charge < -0.3 is 9.80 Å². The minimum absolute atomic E-state index is 0.144. The molecule has 8 aromatic rings. The van der Waals surface area contributed by atoms with E-state index in [0.29, 0.717) is 11.8 Å². The third-order valence-corrected chi connectivity index (χ3v) is 19.5. The summed E-state index contributed by atoms with van der Waals surface area (Å²) in [4.78, 5) is 5.17. The zero-order valence-electron chi connectivity index (χ0n) is 46.2. The van der Waals surface area contributed by atoms with Crippen LogP contribution < -0.4 is 9.80 Å². The van der Waals surface area contributed by atoms with Gasteiger partial charge in [0.15, 0.2) is 0 Å². The molecule has 4 unspecified atom stereocenters. The molecule has 390 valence electrons. The quantitative estimate of drug-likeness (QED) is 0.0624. The van der Waals surface area contributed by atoms with Crippen LogP contribution in [0.15, 0.2) is 182 Å². The van der Waals surface area contributed by atoms with Gasteiger partial charge in [-0.3, -0.25) is 0 Å². The van der Waals surface area contributed by atoms with Gasteiger partial charge in [-0.25, -0.2) is 0 Å². The molecule has 0 N–H and O–H groups in total. The van der Waals surface area contributed by atoms with Crippen molar-refractivity contribution in [2.75, 3.05) is 9.80 Å². The van der Waals surface area contributed by atoms with Crippen molar-refractivity contribution in [2.45, 2.75) is 171 Å². The molecule has 0 heterocycles. The lowest BCUT2D eigenvalue weighted by Gasteiger charge is -2.35. The first-order valence-corrected chi connectivity index (χ1v) is 30.6. The van der Waals surface area contributed by atoms with Crippen LogP contribution in [0.2, 0.25) is 0 Å². The fourth-order valence-electron chi connectivity index (χ4n) is 15.7. The van der Waals surface area contributed by atoms with Gasteiger partial charge in [-0.15, -0.1) is 0 Å². The van der Waals surface area contributed by atoms with Crippen molar-refractivity contribution in [3.63, 3.8) is 0 Å². The summed E-state index contributed by atoms with van der Waals surface area (Å²) >= 11 is 0. The molecule has 2 nitrogen and oxygen atoms in total. The summed E-state index contributed by atoms with van der Waals surface area (Å²) in [5.41, 5.74) is 24.8. The SMILES string of the molecule is CCCCCCCCC1(CCCCCCCC)c2cc(N(c3ccccc3)c3ccccc3-c3ccc4c(c3)C3CCC4C3)ccc2-c2ccc(N(c3ccccc3)c3ccccc3-c3ccc4c(c3)C3CCC4C3)cc21. The Kier molecular flexibility index (Phi) is 14.3. The molecule has 77 heavy (non-hydrogen) atoms. The number of anilines is 6. The van der Waals surface area contributed by atoms with Crippen molar-refractivity contribution < 1.29 is 0 Å². The van der Waals surface area contributed by atoms with E-state index in [1.807, 2.05) is 0 Å². The normalized spacial score (nSPS) is 18.8. The van der Waals surface area contributed by atoms with E-state index in [9.17, 15) is 0 Å². The Bertz CT molecular complexity index is 3120. The Morgan fingerprint density at radius 1 is 0.338 bits per heavy atom. The number of benzene rings is 8. The lowest BCUT2D eigenvalue weighted by Crippen LogP contribution is -2.26. The molecule has 0 saturated heterocycles. The number of nitrogens with zero attached hydrogens (tertiary/aromatic N) is 2. The minimum Gasteiger partial charge on any atom is -0.310 e. The van der Waals surface area contributed by atoms with Crippen molar-refractivity contribution in [2.24, 2.45) is 0 Å². The number of fused-ring (bicyclic) bond motifs is 13. The molecule has 0 aromatic heterocycles. The van der Waals surface area contributed by atoms with Crippen LogP contribution in [0.4, 0.5) is 34.1 Å². The van der Waals surface area contributed by atoms with E-state index in [0.717, 1.165) is 24.7 Å². The predicted molar refractivity (Wildman–Crippen MR) is 328 cm³/mol. The van der Waals surface area contributed by atoms with E-state index >= 15 is 0 Å². The summed E-state index contributed by atoms with van der Waals surface area (Å²) in [5, 5.41) is 0. The van der Waals surface area contributed by atoms with E-state index in [2.05, 4.69) is 206 Å². The second-order valence-corrected chi connectivity index (χ2v) is 24.1. The standard InChI is InChI=1S/C75H80N2/c1-3-5-7-9-11-23-45-75(46-24-12-10-8-6-4-2)71-51-61(76(59-25-15-13-16-26-59)73-31-21-19-29-65(73)57-37-41-63-53-33-35-55(47-53)69(63)49-57)39-43-67(71)68-44-40-62(52-72(68)75)77(60-27-17-14-18-28-60)74-32-22-20-30-66(74)58-38-42-64-54-34-36-56(48-54)70(64)50-58/h13-22,25-32,37-44,49-56H,3-12,23-24,33-36,45-48H2,1-2H3. The van der Waals surface area contributed by atoms with Gasteiger partial charge in [0.2, 0.25) is 0 Å². The highest BCUT2D eigenvalue weighted by atomic mass is 15.2. The maximum atomic E-state index is 2.67. The molecule has 2 saturated carbocycles. The zero-order valence-corrected chi connectivity index (χ0v) is 46.2. The highest BCUT2D eigenvalue weighted by molar-refractivity contribution is 5.93. The molecule has 5 aliphatic carbocycles. The summed E-state index contributed by atoms with van der Waals surface area (Å²) in [5.74, 6) is 2.93. The largest absolute Gasteiger partial charge is 0.310 e. The van der Waals surface area contributed by atoms with Crippen LogP contribution in [0.5, 0.6) is 0 Å². The fourth-order valence-corrected chi connectivity index (χ4v) is 15.7. The highest BCUT2D eigenvalue weighted by Crippen LogP contribution is 2.59. The van der Waals surface area contributed by atoms with E-state index < -0.39 is 0 Å². The smallest absolute Gasteiger partial charge is 0.0540 e. The Morgan fingerprint density at radius 2 is 0.727 bits per heavy atom. The predicted octanol–water partition coefficient (Wildman–Crippen LogP) is 22.5. The summed E-state index contributed by atoms with van der Waals surface area (Å²) in [6.07, 6.45) is 25.9. The molecular formula is C75H80N2. The van der Waals surface area contributed by atoms with Gasteiger partial charge in [0, 0.05) is 39.3 Å². The molecule has 0 radical (unpaired) electrons. The van der Waals surface area contributed by atoms with Crippen molar-refractivity contribution in [1.29, 1.82) is 0 Å². The molecule has 0 aliphatic heterocycles. The lowest BCUT2D eigenvalue weighted by atomic mass is 9.70. The van der Waals surface area contributed by atoms with Gasteiger partial charge in [0.05, 0.1) is 11.4 Å². The van der Waals surface area contributed by atoms with Crippen molar-refractivity contribution >= 4 is 34.1 Å². The van der Waals surface area contributed by atoms with E-state index in [4.69, 9.17) is 0 Å². The van der Waals surface area contributed by atoms with E-state index in [1.54, 1.807) is 22.3 Å². The zero-order chi connectivity index (χ0) is 51.7. The van der Waals surface area contributed by atoms with Gasteiger partial charge in [0.1, 0.15) is 0 Å².